The first kappa shape index (κ1) is 13.5. The summed E-state index contributed by atoms with van der Waals surface area (Å²) in [7, 11) is 0. The Hall–Kier alpha value is -1.97. The van der Waals surface area contributed by atoms with Crippen LogP contribution in [-0.4, -0.2) is 0 Å². The van der Waals surface area contributed by atoms with Gasteiger partial charge in [-0.15, -0.1) is 0 Å². The van der Waals surface area contributed by atoms with Crippen LogP contribution >= 0.6 is 0 Å². The number of nitrogens with one attached hydrogen (secondary N) is 1. The molecule has 1 nitrogen and oxygen atoms in total. The third-order valence-electron chi connectivity index (χ3n) is 2.92. The van der Waals surface area contributed by atoms with Crippen molar-refractivity contribution in [3.63, 3.8) is 0 Å². The van der Waals surface area contributed by atoms with E-state index in [1.54, 1.807) is 0 Å². The normalized spacial score (nSPS) is 10.6. The van der Waals surface area contributed by atoms with Gasteiger partial charge in [-0.1, -0.05) is 12.1 Å². The zero-order chi connectivity index (χ0) is 14.0. The summed E-state index contributed by atoms with van der Waals surface area (Å²) in [5.74, 6) is -3.77. The Bertz CT molecular complexity index is 585. The fourth-order valence-electron chi connectivity index (χ4n) is 1.83. The maximum absolute atomic E-state index is 13.1. The molecule has 0 bridgehead atoms. The largest absolute Gasteiger partial charge is 0.381 e. The van der Waals surface area contributed by atoms with Crippen LogP contribution in [0.5, 0.6) is 0 Å². The Labute approximate surface area is 110 Å². The molecule has 0 radical (unpaired) electrons. The van der Waals surface area contributed by atoms with Crippen LogP contribution in [0.25, 0.3) is 0 Å². The first-order chi connectivity index (χ1) is 8.97. The third kappa shape index (κ3) is 3.08. The second kappa shape index (κ2) is 5.34. The fourth-order valence-corrected chi connectivity index (χ4v) is 1.83. The Morgan fingerprint density at radius 2 is 1.58 bits per heavy atom. The lowest BCUT2D eigenvalue weighted by Crippen LogP contribution is -2.03. The number of rotatable bonds is 3. The van der Waals surface area contributed by atoms with Gasteiger partial charge in [-0.3, -0.25) is 0 Å². The van der Waals surface area contributed by atoms with E-state index in [4.69, 9.17) is 0 Å². The molecule has 0 saturated carbocycles. The molecule has 1 N–H and O–H groups in total. The van der Waals surface area contributed by atoms with Gasteiger partial charge in [0.15, 0.2) is 17.5 Å². The molecule has 0 fully saturated rings. The zero-order valence-corrected chi connectivity index (χ0v) is 10.7. The molecule has 0 aliphatic rings. The van der Waals surface area contributed by atoms with Crippen LogP contribution in [0.1, 0.15) is 16.7 Å². The zero-order valence-electron chi connectivity index (χ0n) is 10.7. The first-order valence-electron chi connectivity index (χ1n) is 5.92. The molecule has 2 rings (SSSR count). The molecular weight excluding hydrogens is 251 g/mol. The molecule has 0 aliphatic heterocycles. The van der Waals surface area contributed by atoms with E-state index in [2.05, 4.69) is 5.32 Å². The van der Waals surface area contributed by atoms with Gasteiger partial charge in [0, 0.05) is 12.2 Å². The van der Waals surface area contributed by atoms with E-state index in [0.717, 1.165) is 28.9 Å². The van der Waals surface area contributed by atoms with Gasteiger partial charge in [-0.05, 0) is 48.7 Å². The average molecular weight is 265 g/mol. The van der Waals surface area contributed by atoms with Crippen molar-refractivity contribution in [1.82, 2.24) is 0 Å². The maximum atomic E-state index is 13.1. The Morgan fingerprint density at radius 1 is 0.947 bits per heavy atom. The predicted molar refractivity (Wildman–Crippen MR) is 69.6 cm³/mol. The van der Waals surface area contributed by atoms with Crippen molar-refractivity contribution in [2.45, 2.75) is 20.4 Å². The van der Waals surface area contributed by atoms with E-state index in [1.807, 2.05) is 32.0 Å². The van der Waals surface area contributed by atoms with Crippen LogP contribution in [0.4, 0.5) is 18.9 Å². The highest BCUT2D eigenvalue weighted by Crippen LogP contribution is 2.19. The quantitative estimate of drug-likeness (QED) is 0.814. The van der Waals surface area contributed by atoms with E-state index in [0.29, 0.717) is 5.56 Å². The number of anilines is 1. The molecule has 19 heavy (non-hydrogen) atoms. The maximum Gasteiger partial charge on any atom is 0.194 e. The number of hydrogen-bond acceptors (Lipinski definition) is 1. The molecule has 0 atom stereocenters. The van der Waals surface area contributed by atoms with E-state index >= 15 is 0 Å². The van der Waals surface area contributed by atoms with Crippen molar-refractivity contribution >= 4 is 5.69 Å². The minimum absolute atomic E-state index is 0.235. The number of benzene rings is 2. The standard InChI is InChI=1S/C15H14F3N/c1-9-3-4-10(2)14(5-9)19-8-11-6-12(16)15(18)13(17)7-11/h3-7,19H,8H2,1-2H3. The minimum atomic E-state index is -1.43. The van der Waals surface area contributed by atoms with Crippen LogP contribution < -0.4 is 5.32 Å². The lowest BCUT2D eigenvalue weighted by atomic mass is 10.1. The van der Waals surface area contributed by atoms with Gasteiger partial charge in [-0.25, -0.2) is 13.2 Å². The molecule has 2 aromatic rings. The van der Waals surface area contributed by atoms with Crippen molar-refractivity contribution in [3.8, 4) is 0 Å². The van der Waals surface area contributed by atoms with Crippen molar-refractivity contribution in [2.75, 3.05) is 5.32 Å². The number of aryl methyl sites for hydroxylation is 2. The second-order valence-corrected chi connectivity index (χ2v) is 4.55. The van der Waals surface area contributed by atoms with Crippen LogP contribution in [-0.2, 0) is 6.54 Å². The predicted octanol–water partition coefficient (Wildman–Crippen LogP) is 4.33. The van der Waals surface area contributed by atoms with Gasteiger partial charge in [0.05, 0.1) is 0 Å². The van der Waals surface area contributed by atoms with E-state index in [-0.39, 0.29) is 6.54 Å². The molecule has 0 aromatic heterocycles. The first-order valence-corrected chi connectivity index (χ1v) is 5.92. The fraction of sp³-hybridized carbons (Fsp3) is 0.200. The molecule has 2 aromatic carbocycles. The Kier molecular flexibility index (Phi) is 3.79. The van der Waals surface area contributed by atoms with Crippen molar-refractivity contribution < 1.29 is 13.2 Å². The Balaban J connectivity index is 2.17. The summed E-state index contributed by atoms with van der Waals surface area (Å²) in [6.45, 7) is 4.13. The molecule has 0 spiro atoms. The molecule has 4 heteroatoms. The van der Waals surface area contributed by atoms with E-state index in [1.165, 1.54) is 0 Å². The number of hydrogen-bond donors (Lipinski definition) is 1. The number of halogens is 3. The highest BCUT2D eigenvalue weighted by Gasteiger charge is 2.10. The van der Waals surface area contributed by atoms with Crippen LogP contribution in [0.2, 0.25) is 0 Å². The van der Waals surface area contributed by atoms with Crippen molar-refractivity contribution in [1.29, 1.82) is 0 Å². The van der Waals surface area contributed by atoms with E-state index in [9.17, 15) is 13.2 Å². The van der Waals surface area contributed by atoms with Crippen LogP contribution in [0.15, 0.2) is 30.3 Å². The van der Waals surface area contributed by atoms with Gasteiger partial charge in [0.25, 0.3) is 0 Å². The smallest absolute Gasteiger partial charge is 0.194 e. The summed E-state index contributed by atoms with van der Waals surface area (Å²) >= 11 is 0. The highest BCUT2D eigenvalue weighted by atomic mass is 19.2. The van der Waals surface area contributed by atoms with Gasteiger partial charge in [-0.2, -0.15) is 0 Å². The molecule has 0 aliphatic carbocycles. The van der Waals surface area contributed by atoms with Crippen LogP contribution in [0.3, 0.4) is 0 Å². The van der Waals surface area contributed by atoms with Crippen LogP contribution in [0, 0.1) is 31.3 Å². The molecule has 0 saturated heterocycles. The highest BCUT2D eigenvalue weighted by molar-refractivity contribution is 5.52. The summed E-state index contributed by atoms with van der Waals surface area (Å²) in [5.41, 5.74) is 3.38. The summed E-state index contributed by atoms with van der Waals surface area (Å²) in [6, 6.07) is 7.89. The lowest BCUT2D eigenvalue weighted by molar-refractivity contribution is 0.445. The van der Waals surface area contributed by atoms with Crippen molar-refractivity contribution in [3.05, 3.63) is 64.5 Å². The summed E-state index contributed by atoms with van der Waals surface area (Å²) < 4.78 is 39.0. The SMILES string of the molecule is Cc1ccc(C)c(NCc2cc(F)c(F)c(F)c2)c1. The Morgan fingerprint density at radius 3 is 2.21 bits per heavy atom. The molecule has 100 valence electrons. The summed E-state index contributed by atoms with van der Waals surface area (Å²) in [6.07, 6.45) is 0. The minimum Gasteiger partial charge on any atom is -0.381 e. The van der Waals surface area contributed by atoms with Gasteiger partial charge >= 0.3 is 0 Å². The third-order valence-corrected chi connectivity index (χ3v) is 2.92. The summed E-state index contributed by atoms with van der Waals surface area (Å²) in [5, 5.41) is 3.09. The van der Waals surface area contributed by atoms with Gasteiger partial charge in [0.2, 0.25) is 0 Å². The van der Waals surface area contributed by atoms with E-state index < -0.39 is 17.5 Å². The topological polar surface area (TPSA) is 12.0 Å². The molecule has 0 amide bonds. The average Bonchev–Trinajstić information content (AvgIpc) is 2.37. The molecule has 0 heterocycles. The second-order valence-electron chi connectivity index (χ2n) is 4.55. The summed E-state index contributed by atoms with van der Waals surface area (Å²) in [4.78, 5) is 0. The van der Waals surface area contributed by atoms with Gasteiger partial charge < -0.3 is 5.32 Å². The molecular formula is C15H14F3N. The monoisotopic (exact) mass is 265 g/mol. The van der Waals surface area contributed by atoms with Gasteiger partial charge in [0.1, 0.15) is 0 Å². The lowest BCUT2D eigenvalue weighted by Gasteiger charge is -2.11. The van der Waals surface area contributed by atoms with Crippen molar-refractivity contribution in [2.24, 2.45) is 0 Å². The molecule has 0 unspecified atom stereocenters.